The van der Waals surface area contributed by atoms with Gasteiger partial charge in [-0.2, -0.15) is 0 Å². The van der Waals surface area contributed by atoms with E-state index in [-0.39, 0.29) is 24.1 Å². The van der Waals surface area contributed by atoms with E-state index in [2.05, 4.69) is 9.71 Å². The van der Waals surface area contributed by atoms with Crippen molar-refractivity contribution in [3.05, 3.63) is 52.6 Å². The highest BCUT2D eigenvalue weighted by atomic mass is 32.2. The summed E-state index contributed by atoms with van der Waals surface area (Å²) in [6, 6.07) is 8.93. The number of benzene rings is 1. The molecule has 0 saturated carbocycles. The lowest BCUT2D eigenvalue weighted by atomic mass is 10.0. The van der Waals surface area contributed by atoms with Crippen LogP contribution >= 0.6 is 0 Å². The maximum Gasteiger partial charge on any atom is 0.264 e. The number of aliphatic hydroxyl groups is 1. The van der Waals surface area contributed by atoms with Crippen molar-refractivity contribution in [1.82, 2.24) is 19.3 Å². The molecule has 0 spiro atoms. The lowest BCUT2D eigenvalue weighted by Gasteiger charge is -2.20. The third kappa shape index (κ3) is 4.52. The van der Waals surface area contributed by atoms with Gasteiger partial charge in [-0.1, -0.05) is 24.3 Å². The molecule has 2 aromatic heterocycles. The van der Waals surface area contributed by atoms with Crippen LogP contribution in [-0.2, 0) is 17.1 Å². The summed E-state index contributed by atoms with van der Waals surface area (Å²) in [5.74, 6) is 0.734. The number of hydrogen-bond donors (Lipinski definition) is 2. The molecule has 1 fully saturated rings. The minimum absolute atomic E-state index is 0.103. The maximum absolute atomic E-state index is 12.9. The molecule has 10 heteroatoms. The zero-order valence-corrected chi connectivity index (χ0v) is 19.1. The summed E-state index contributed by atoms with van der Waals surface area (Å²) in [5, 5.41) is 10.0. The molecule has 1 saturated heterocycles. The van der Waals surface area contributed by atoms with Gasteiger partial charge in [-0.25, -0.2) is 23.1 Å². The molecule has 0 amide bonds. The highest BCUT2D eigenvalue weighted by Gasteiger charge is 2.26. The Balaban J connectivity index is 1.77. The van der Waals surface area contributed by atoms with Gasteiger partial charge in [0.15, 0.2) is 0 Å². The normalized spacial score (nSPS) is 17.8. The first-order valence-electron chi connectivity index (χ1n) is 10.5. The summed E-state index contributed by atoms with van der Waals surface area (Å²) >= 11 is 0. The Morgan fingerprint density at radius 1 is 1.28 bits per heavy atom. The summed E-state index contributed by atoms with van der Waals surface area (Å²) in [6.45, 7) is 3.23. The Morgan fingerprint density at radius 3 is 2.62 bits per heavy atom. The highest BCUT2D eigenvalue weighted by Crippen LogP contribution is 2.31. The smallest absolute Gasteiger partial charge is 0.264 e. The molecule has 1 aromatic carbocycles. The van der Waals surface area contributed by atoms with Crippen molar-refractivity contribution in [1.29, 1.82) is 0 Å². The van der Waals surface area contributed by atoms with E-state index < -0.39 is 10.0 Å². The number of rotatable bonds is 6. The SMILES string of the molecule is C[C@@H](NS(C)(=O)=O)c1ccc(-c2cc3ncn(C)c(=O)c3c(N3CC[C@H](CO)C3)n2)cc1. The molecule has 170 valence electrons. The van der Waals surface area contributed by atoms with Gasteiger partial charge in [0, 0.05) is 44.3 Å². The molecule has 9 nitrogen and oxygen atoms in total. The number of nitrogens with one attached hydrogen (secondary N) is 1. The third-order valence-corrected chi connectivity index (χ3v) is 6.61. The van der Waals surface area contributed by atoms with E-state index in [0.29, 0.717) is 35.5 Å². The first-order valence-corrected chi connectivity index (χ1v) is 12.3. The number of aryl methyl sites for hydroxylation is 1. The molecule has 3 heterocycles. The minimum atomic E-state index is -3.31. The number of sulfonamides is 1. The molecule has 0 radical (unpaired) electrons. The van der Waals surface area contributed by atoms with Crippen molar-refractivity contribution in [3.63, 3.8) is 0 Å². The Bertz CT molecular complexity index is 1300. The van der Waals surface area contributed by atoms with Crippen LogP contribution in [0.15, 0.2) is 41.5 Å². The average Bonchev–Trinajstić information content (AvgIpc) is 3.24. The van der Waals surface area contributed by atoms with Crippen LogP contribution < -0.4 is 15.2 Å². The van der Waals surface area contributed by atoms with Gasteiger partial charge in [-0.3, -0.25) is 4.79 Å². The Morgan fingerprint density at radius 2 is 2.00 bits per heavy atom. The molecule has 1 aliphatic heterocycles. The number of nitrogens with zero attached hydrogens (tertiary/aromatic N) is 4. The highest BCUT2D eigenvalue weighted by molar-refractivity contribution is 7.88. The summed E-state index contributed by atoms with van der Waals surface area (Å²) < 4.78 is 27.0. The molecule has 4 rings (SSSR count). The van der Waals surface area contributed by atoms with Crippen LogP contribution in [0.5, 0.6) is 0 Å². The first kappa shape index (κ1) is 22.4. The van der Waals surface area contributed by atoms with Gasteiger partial charge in [0.1, 0.15) is 11.2 Å². The zero-order valence-electron chi connectivity index (χ0n) is 18.3. The summed E-state index contributed by atoms with van der Waals surface area (Å²) in [5.41, 5.74) is 2.75. The predicted molar refractivity (Wildman–Crippen MR) is 124 cm³/mol. The van der Waals surface area contributed by atoms with Gasteiger partial charge < -0.3 is 14.6 Å². The van der Waals surface area contributed by atoms with Crippen molar-refractivity contribution < 1.29 is 13.5 Å². The first-order chi connectivity index (χ1) is 15.2. The van der Waals surface area contributed by atoms with E-state index in [1.165, 1.54) is 10.9 Å². The molecule has 3 aromatic rings. The lowest BCUT2D eigenvalue weighted by Crippen LogP contribution is -2.26. The molecule has 0 bridgehead atoms. The molecule has 0 aliphatic carbocycles. The number of aliphatic hydroxyl groups excluding tert-OH is 1. The van der Waals surface area contributed by atoms with Crippen LogP contribution in [-0.4, -0.2) is 54.0 Å². The Labute approximate surface area is 186 Å². The predicted octanol–water partition coefficient (Wildman–Crippen LogP) is 1.42. The fraction of sp³-hybridized carbons (Fsp3) is 0.409. The van der Waals surface area contributed by atoms with Crippen molar-refractivity contribution in [3.8, 4) is 11.3 Å². The number of fused-ring (bicyclic) bond motifs is 1. The van der Waals surface area contributed by atoms with E-state index in [0.717, 1.165) is 23.8 Å². The van der Waals surface area contributed by atoms with Crippen LogP contribution in [0.4, 0.5) is 5.82 Å². The van der Waals surface area contributed by atoms with Crippen molar-refractivity contribution in [2.75, 3.05) is 30.9 Å². The van der Waals surface area contributed by atoms with Crippen LogP contribution in [0.2, 0.25) is 0 Å². The molecule has 32 heavy (non-hydrogen) atoms. The molecular weight excluding hydrogens is 430 g/mol. The van der Waals surface area contributed by atoms with Gasteiger partial charge in [-0.15, -0.1) is 0 Å². The minimum Gasteiger partial charge on any atom is -0.396 e. The van der Waals surface area contributed by atoms with E-state index in [1.807, 2.05) is 29.2 Å². The van der Waals surface area contributed by atoms with Gasteiger partial charge in [0.25, 0.3) is 5.56 Å². The average molecular weight is 458 g/mol. The standard InChI is InChI=1S/C22H27N5O4S/c1-14(25-32(3,30)31)16-4-6-17(7-5-16)18-10-19-20(22(29)26(2)13-23-19)21(24-18)27-9-8-15(11-27)12-28/h4-7,10,13-15,25,28H,8-9,11-12H2,1-3H3/t14-,15+/m1/s1. The number of anilines is 1. The fourth-order valence-corrected chi connectivity index (χ4v) is 4.86. The van der Waals surface area contributed by atoms with E-state index in [4.69, 9.17) is 4.98 Å². The van der Waals surface area contributed by atoms with Crippen molar-refractivity contribution in [2.24, 2.45) is 13.0 Å². The Hall–Kier alpha value is -2.82. The van der Waals surface area contributed by atoms with Gasteiger partial charge in [-0.05, 0) is 25.0 Å². The van der Waals surface area contributed by atoms with Crippen molar-refractivity contribution in [2.45, 2.75) is 19.4 Å². The zero-order chi connectivity index (χ0) is 23.0. The topological polar surface area (TPSA) is 117 Å². The second-order valence-corrected chi connectivity index (χ2v) is 10.2. The van der Waals surface area contributed by atoms with Crippen molar-refractivity contribution >= 4 is 26.7 Å². The molecule has 2 N–H and O–H groups in total. The third-order valence-electron chi connectivity index (χ3n) is 5.82. The second kappa shape index (κ2) is 8.61. The quantitative estimate of drug-likeness (QED) is 0.575. The number of pyridine rings is 1. The van der Waals surface area contributed by atoms with Crippen LogP contribution in [0, 0.1) is 5.92 Å². The number of aromatic nitrogens is 3. The van der Waals surface area contributed by atoms with E-state index >= 15 is 0 Å². The van der Waals surface area contributed by atoms with Crippen LogP contribution in [0.3, 0.4) is 0 Å². The van der Waals surface area contributed by atoms with Gasteiger partial charge in [0.2, 0.25) is 10.0 Å². The summed E-state index contributed by atoms with van der Waals surface area (Å²) in [6.07, 6.45) is 3.47. The van der Waals surface area contributed by atoms with Crippen LogP contribution in [0.25, 0.3) is 22.2 Å². The van der Waals surface area contributed by atoms with E-state index in [9.17, 15) is 18.3 Å². The lowest BCUT2D eigenvalue weighted by molar-refractivity contribution is 0.238. The monoisotopic (exact) mass is 457 g/mol. The van der Waals surface area contributed by atoms with Gasteiger partial charge >= 0.3 is 0 Å². The molecule has 2 atom stereocenters. The molecular formula is C22H27N5O4S. The summed E-state index contributed by atoms with van der Waals surface area (Å²) in [4.78, 5) is 24.2. The van der Waals surface area contributed by atoms with E-state index in [1.54, 1.807) is 20.0 Å². The van der Waals surface area contributed by atoms with Gasteiger partial charge in [0.05, 0.1) is 23.8 Å². The largest absolute Gasteiger partial charge is 0.396 e. The number of hydrogen-bond acceptors (Lipinski definition) is 7. The maximum atomic E-state index is 12.9. The van der Waals surface area contributed by atoms with Crippen LogP contribution in [0.1, 0.15) is 24.9 Å². The molecule has 1 aliphatic rings. The molecule has 0 unspecified atom stereocenters. The Kier molecular flexibility index (Phi) is 6.02. The second-order valence-electron chi connectivity index (χ2n) is 8.40. The summed E-state index contributed by atoms with van der Waals surface area (Å²) in [7, 11) is -1.65. The fourth-order valence-electron chi connectivity index (χ4n) is 4.09.